The Balaban J connectivity index is 2.19. The Morgan fingerprint density at radius 3 is 2.43 bits per heavy atom. The SMILES string of the molecule is C=C(C)C(=O)OCN1CCN(C)CC1. The zero-order valence-corrected chi connectivity index (χ0v) is 8.95. The molecule has 0 spiro atoms. The minimum atomic E-state index is -0.302. The quantitative estimate of drug-likeness (QED) is 0.482. The van der Waals surface area contributed by atoms with Crippen LogP contribution in [0.5, 0.6) is 0 Å². The summed E-state index contributed by atoms with van der Waals surface area (Å²) in [5.74, 6) is -0.302. The molecule has 1 heterocycles. The zero-order chi connectivity index (χ0) is 10.6. The lowest BCUT2D eigenvalue weighted by molar-refractivity contribution is -0.144. The van der Waals surface area contributed by atoms with E-state index in [1.54, 1.807) is 6.92 Å². The van der Waals surface area contributed by atoms with Crippen LogP contribution in [0.3, 0.4) is 0 Å². The van der Waals surface area contributed by atoms with Crippen molar-refractivity contribution in [3.8, 4) is 0 Å². The molecule has 14 heavy (non-hydrogen) atoms. The third kappa shape index (κ3) is 3.47. The molecule has 1 aliphatic rings. The maximum Gasteiger partial charge on any atom is 0.334 e. The fourth-order valence-corrected chi connectivity index (χ4v) is 1.25. The second kappa shape index (κ2) is 5.12. The van der Waals surface area contributed by atoms with Gasteiger partial charge in [-0.15, -0.1) is 0 Å². The van der Waals surface area contributed by atoms with Crippen LogP contribution in [0.2, 0.25) is 0 Å². The first-order valence-corrected chi connectivity index (χ1v) is 4.83. The summed E-state index contributed by atoms with van der Waals surface area (Å²) in [6, 6.07) is 0. The van der Waals surface area contributed by atoms with E-state index < -0.39 is 0 Å². The van der Waals surface area contributed by atoms with Crippen LogP contribution in [0.1, 0.15) is 6.92 Å². The number of nitrogens with zero attached hydrogens (tertiary/aromatic N) is 2. The molecular formula is C10H18N2O2. The van der Waals surface area contributed by atoms with Crippen molar-refractivity contribution in [1.82, 2.24) is 9.80 Å². The van der Waals surface area contributed by atoms with Crippen molar-refractivity contribution >= 4 is 5.97 Å². The third-order valence-electron chi connectivity index (χ3n) is 2.32. The molecule has 1 saturated heterocycles. The second-order valence-electron chi connectivity index (χ2n) is 3.76. The number of esters is 1. The molecular weight excluding hydrogens is 180 g/mol. The van der Waals surface area contributed by atoms with Crippen LogP contribution < -0.4 is 0 Å². The van der Waals surface area contributed by atoms with Gasteiger partial charge in [0, 0.05) is 31.8 Å². The van der Waals surface area contributed by atoms with Crippen LogP contribution in [0.15, 0.2) is 12.2 Å². The summed E-state index contributed by atoms with van der Waals surface area (Å²) in [7, 11) is 2.09. The Hall–Kier alpha value is -0.870. The Labute approximate surface area is 85.1 Å². The molecule has 0 bridgehead atoms. The van der Waals surface area contributed by atoms with Crippen molar-refractivity contribution < 1.29 is 9.53 Å². The molecule has 0 unspecified atom stereocenters. The second-order valence-corrected chi connectivity index (χ2v) is 3.76. The highest BCUT2D eigenvalue weighted by molar-refractivity contribution is 5.86. The van der Waals surface area contributed by atoms with E-state index in [9.17, 15) is 4.79 Å². The number of carbonyl (C=O) groups excluding carboxylic acids is 1. The molecule has 4 heteroatoms. The summed E-state index contributed by atoms with van der Waals surface area (Å²) in [6.45, 7) is 9.56. The first-order valence-electron chi connectivity index (χ1n) is 4.83. The summed E-state index contributed by atoms with van der Waals surface area (Å²) in [4.78, 5) is 15.5. The molecule has 0 amide bonds. The number of ether oxygens (including phenoxy) is 1. The van der Waals surface area contributed by atoms with Gasteiger partial charge in [0.15, 0.2) is 0 Å². The van der Waals surface area contributed by atoms with Crippen LogP contribution in [0.25, 0.3) is 0 Å². The molecule has 0 N–H and O–H groups in total. The van der Waals surface area contributed by atoms with Crippen LogP contribution in [-0.4, -0.2) is 55.7 Å². The zero-order valence-electron chi connectivity index (χ0n) is 8.95. The Kier molecular flexibility index (Phi) is 4.10. The van der Waals surface area contributed by atoms with E-state index in [-0.39, 0.29) is 5.97 Å². The van der Waals surface area contributed by atoms with E-state index >= 15 is 0 Å². The van der Waals surface area contributed by atoms with Crippen molar-refractivity contribution in [1.29, 1.82) is 0 Å². The fourth-order valence-electron chi connectivity index (χ4n) is 1.25. The number of carbonyl (C=O) groups is 1. The first kappa shape index (κ1) is 11.2. The van der Waals surface area contributed by atoms with Crippen molar-refractivity contribution in [3.05, 3.63) is 12.2 Å². The van der Waals surface area contributed by atoms with Crippen molar-refractivity contribution in [2.45, 2.75) is 6.92 Å². The molecule has 1 aliphatic heterocycles. The van der Waals surface area contributed by atoms with Crippen LogP contribution in [0, 0.1) is 0 Å². The number of piperazine rings is 1. The van der Waals surface area contributed by atoms with E-state index in [0.717, 1.165) is 26.2 Å². The normalized spacial score (nSPS) is 19.3. The average molecular weight is 198 g/mol. The van der Waals surface area contributed by atoms with Gasteiger partial charge >= 0.3 is 5.97 Å². The summed E-state index contributed by atoms with van der Waals surface area (Å²) < 4.78 is 5.05. The predicted octanol–water partition coefficient (Wildman–Crippen LogP) is 0.311. The lowest BCUT2D eigenvalue weighted by Crippen LogP contribution is -2.45. The maximum atomic E-state index is 11.1. The van der Waals surface area contributed by atoms with Gasteiger partial charge in [-0.1, -0.05) is 6.58 Å². The monoisotopic (exact) mass is 198 g/mol. The molecule has 0 radical (unpaired) electrons. The summed E-state index contributed by atoms with van der Waals surface area (Å²) in [5, 5.41) is 0. The van der Waals surface area contributed by atoms with Crippen molar-refractivity contribution in [2.24, 2.45) is 0 Å². The Bertz CT molecular complexity index is 220. The number of likely N-dealkylation sites (N-methyl/N-ethyl adjacent to an activating group) is 1. The molecule has 0 aromatic rings. The van der Waals surface area contributed by atoms with E-state index in [1.165, 1.54) is 0 Å². The molecule has 0 saturated carbocycles. The fraction of sp³-hybridized carbons (Fsp3) is 0.700. The van der Waals surface area contributed by atoms with Gasteiger partial charge in [-0.3, -0.25) is 4.90 Å². The third-order valence-corrected chi connectivity index (χ3v) is 2.32. The van der Waals surface area contributed by atoms with Gasteiger partial charge in [-0.25, -0.2) is 4.79 Å². The van der Waals surface area contributed by atoms with Crippen molar-refractivity contribution in [2.75, 3.05) is 40.0 Å². The van der Waals surface area contributed by atoms with Crippen LogP contribution >= 0.6 is 0 Å². The average Bonchev–Trinajstić information content (AvgIpc) is 2.16. The summed E-state index contributed by atoms with van der Waals surface area (Å²) in [5.41, 5.74) is 0.458. The lowest BCUT2D eigenvalue weighted by Gasteiger charge is -2.31. The van der Waals surface area contributed by atoms with Crippen LogP contribution in [0.4, 0.5) is 0 Å². The Morgan fingerprint density at radius 1 is 1.36 bits per heavy atom. The minimum Gasteiger partial charge on any atom is -0.446 e. The number of hydrogen-bond acceptors (Lipinski definition) is 4. The van der Waals surface area contributed by atoms with Gasteiger partial charge in [0.05, 0.1) is 0 Å². The topological polar surface area (TPSA) is 32.8 Å². The molecule has 1 fully saturated rings. The Morgan fingerprint density at radius 2 is 1.93 bits per heavy atom. The van der Waals surface area contributed by atoms with Gasteiger partial charge in [0.25, 0.3) is 0 Å². The molecule has 0 aliphatic carbocycles. The molecule has 0 aromatic carbocycles. The largest absolute Gasteiger partial charge is 0.446 e. The van der Waals surface area contributed by atoms with E-state index in [4.69, 9.17) is 4.74 Å². The first-order chi connectivity index (χ1) is 6.59. The maximum absolute atomic E-state index is 11.1. The van der Waals surface area contributed by atoms with Gasteiger partial charge in [0.2, 0.25) is 0 Å². The molecule has 1 rings (SSSR count). The highest BCUT2D eigenvalue weighted by atomic mass is 16.5. The highest BCUT2D eigenvalue weighted by Crippen LogP contribution is 2.00. The summed E-state index contributed by atoms with van der Waals surface area (Å²) >= 11 is 0. The minimum absolute atomic E-state index is 0.302. The number of hydrogen-bond donors (Lipinski definition) is 0. The lowest BCUT2D eigenvalue weighted by atomic mass is 10.3. The molecule has 0 aromatic heterocycles. The molecule has 80 valence electrons. The van der Waals surface area contributed by atoms with E-state index in [1.807, 2.05) is 0 Å². The van der Waals surface area contributed by atoms with Gasteiger partial charge < -0.3 is 9.64 Å². The van der Waals surface area contributed by atoms with Crippen LogP contribution in [-0.2, 0) is 9.53 Å². The smallest absolute Gasteiger partial charge is 0.334 e. The predicted molar refractivity (Wildman–Crippen MR) is 54.8 cm³/mol. The molecule has 4 nitrogen and oxygen atoms in total. The highest BCUT2D eigenvalue weighted by Gasteiger charge is 2.14. The van der Waals surface area contributed by atoms with E-state index in [0.29, 0.717) is 12.3 Å². The van der Waals surface area contributed by atoms with Crippen molar-refractivity contribution in [3.63, 3.8) is 0 Å². The summed E-state index contributed by atoms with van der Waals surface area (Å²) in [6.07, 6.45) is 0. The van der Waals surface area contributed by atoms with E-state index in [2.05, 4.69) is 23.4 Å². The molecule has 0 atom stereocenters. The standard InChI is InChI=1S/C10H18N2O2/c1-9(2)10(13)14-8-12-6-4-11(3)5-7-12/h1,4-8H2,2-3H3. The van der Waals surface area contributed by atoms with Gasteiger partial charge in [-0.2, -0.15) is 0 Å². The number of rotatable bonds is 3. The van der Waals surface area contributed by atoms with Gasteiger partial charge in [-0.05, 0) is 14.0 Å². The van der Waals surface area contributed by atoms with Gasteiger partial charge in [0.1, 0.15) is 6.73 Å².